The molecule has 0 radical (unpaired) electrons. The number of anilines is 3. The maximum atomic E-state index is 4.59. The molecule has 0 saturated carbocycles. The Morgan fingerprint density at radius 1 is 1.11 bits per heavy atom. The van der Waals surface area contributed by atoms with Gasteiger partial charge < -0.3 is 10.2 Å². The molecule has 1 aromatic heterocycles. The number of hydrogen-bond donors (Lipinski definition) is 1. The van der Waals surface area contributed by atoms with E-state index in [1.807, 2.05) is 31.3 Å². The van der Waals surface area contributed by atoms with Gasteiger partial charge in [0.15, 0.2) is 0 Å². The van der Waals surface area contributed by atoms with Crippen LogP contribution in [0.15, 0.2) is 36.4 Å². The van der Waals surface area contributed by atoms with Gasteiger partial charge in [-0.25, -0.2) is 9.97 Å². The number of rotatable bonds is 5. The van der Waals surface area contributed by atoms with E-state index in [4.69, 9.17) is 0 Å². The van der Waals surface area contributed by atoms with Crippen LogP contribution in [0.25, 0.3) is 0 Å². The third-order valence-corrected chi connectivity index (χ3v) is 2.92. The van der Waals surface area contributed by atoms with Crippen molar-refractivity contribution in [3.8, 4) is 0 Å². The molecule has 19 heavy (non-hydrogen) atoms. The third kappa shape index (κ3) is 3.22. The summed E-state index contributed by atoms with van der Waals surface area (Å²) in [4.78, 5) is 11.1. The van der Waals surface area contributed by atoms with Crippen LogP contribution in [0.4, 0.5) is 17.3 Å². The van der Waals surface area contributed by atoms with E-state index < -0.39 is 0 Å². The number of aromatic nitrogens is 2. The summed E-state index contributed by atoms with van der Waals surface area (Å²) in [6.07, 6.45) is 0.828. The lowest BCUT2D eigenvalue weighted by molar-refractivity contribution is 0.923. The van der Waals surface area contributed by atoms with Crippen LogP contribution in [0.3, 0.4) is 0 Å². The molecule has 2 rings (SSSR count). The molecule has 0 aliphatic rings. The molecule has 2 aromatic rings. The molecule has 0 spiro atoms. The molecule has 0 amide bonds. The number of nitrogens with zero attached hydrogens (tertiary/aromatic N) is 3. The van der Waals surface area contributed by atoms with Gasteiger partial charge in [0.1, 0.15) is 17.5 Å². The number of para-hydroxylation sites is 1. The second-order valence-electron chi connectivity index (χ2n) is 4.31. The smallest absolute Gasteiger partial charge is 0.138 e. The second-order valence-corrected chi connectivity index (χ2v) is 4.31. The van der Waals surface area contributed by atoms with E-state index >= 15 is 0 Å². The Balaban J connectivity index is 2.35. The van der Waals surface area contributed by atoms with E-state index in [0.717, 1.165) is 36.1 Å². The molecule has 0 bridgehead atoms. The van der Waals surface area contributed by atoms with Crippen LogP contribution in [0.1, 0.15) is 19.7 Å². The fourth-order valence-electron chi connectivity index (χ4n) is 1.87. The van der Waals surface area contributed by atoms with Crippen LogP contribution >= 0.6 is 0 Å². The van der Waals surface area contributed by atoms with Gasteiger partial charge in [0.05, 0.1) is 0 Å². The Bertz CT molecular complexity index is 525. The molecule has 0 atom stereocenters. The first kappa shape index (κ1) is 13.3. The van der Waals surface area contributed by atoms with Crippen molar-refractivity contribution in [3.05, 3.63) is 42.2 Å². The van der Waals surface area contributed by atoms with E-state index in [0.29, 0.717) is 0 Å². The molecule has 0 aliphatic heterocycles. The molecule has 1 aromatic carbocycles. The molecule has 100 valence electrons. The molecule has 0 saturated heterocycles. The van der Waals surface area contributed by atoms with Crippen LogP contribution in [-0.2, 0) is 6.42 Å². The summed E-state index contributed by atoms with van der Waals surface area (Å²) >= 11 is 0. The minimum atomic E-state index is 0.828. The lowest BCUT2D eigenvalue weighted by atomic mass is 10.3. The Morgan fingerprint density at radius 2 is 1.84 bits per heavy atom. The van der Waals surface area contributed by atoms with Crippen LogP contribution < -0.4 is 10.2 Å². The van der Waals surface area contributed by atoms with Crippen LogP contribution in [-0.4, -0.2) is 23.6 Å². The quantitative estimate of drug-likeness (QED) is 0.891. The van der Waals surface area contributed by atoms with Gasteiger partial charge in [0.25, 0.3) is 0 Å². The molecule has 4 nitrogen and oxygen atoms in total. The van der Waals surface area contributed by atoms with E-state index in [1.54, 1.807) is 0 Å². The normalized spacial score (nSPS) is 10.3. The molecule has 0 aliphatic carbocycles. The number of hydrogen-bond acceptors (Lipinski definition) is 4. The van der Waals surface area contributed by atoms with Crippen molar-refractivity contribution >= 4 is 17.3 Å². The topological polar surface area (TPSA) is 41.0 Å². The molecular weight excluding hydrogens is 236 g/mol. The van der Waals surface area contributed by atoms with Gasteiger partial charge in [0, 0.05) is 31.8 Å². The van der Waals surface area contributed by atoms with Crippen molar-refractivity contribution in [2.45, 2.75) is 20.3 Å². The highest BCUT2D eigenvalue weighted by Crippen LogP contribution is 2.23. The first-order valence-electron chi connectivity index (χ1n) is 6.65. The summed E-state index contributed by atoms with van der Waals surface area (Å²) in [5, 5.41) is 3.25. The number of aryl methyl sites for hydroxylation is 1. The minimum absolute atomic E-state index is 0.828. The molecule has 4 heteroatoms. The van der Waals surface area contributed by atoms with Crippen molar-refractivity contribution in [1.82, 2.24) is 9.97 Å². The van der Waals surface area contributed by atoms with E-state index in [-0.39, 0.29) is 0 Å². The summed E-state index contributed by atoms with van der Waals surface area (Å²) in [5.74, 6) is 2.65. The first-order valence-corrected chi connectivity index (χ1v) is 6.65. The Hall–Kier alpha value is -2.10. The Labute approximate surface area is 114 Å². The highest BCUT2D eigenvalue weighted by atomic mass is 15.2. The van der Waals surface area contributed by atoms with E-state index in [1.165, 1.54) is 0 Å². The van der Waals surface area contributed by atoms with Crippen molar-refractivity contribution in [3.63, 3.8) is 0 Å². The third-order valence-electron chi connectivity index (χ3n) is 2.92. The fraction of sp³-hybridized carbons (Fsp3) is 0.333. The highest BCUT2D eigenvalue weighted by molar-refractivity contribution is 5.61. The summed E-state index contributed by atoms with van der Waals surface area (Å²) in [6.45, 7) is 4.99. The number of benzene rings is 1. The zero-order chi connectivity index (χ0) is 13.7. The Morgan fingerprint density at radius 3 is 2.47 bits per heavy atom. The largest absolute Gasteiger partial charge is 0.370 e. The van der Waals surface area contributed by atoms with Crippen molar-refractivity contribution in [1.29, 1.82) is 0 Å². The van der Waals surface area contributed by atoms with Gasteiger partial charge >= 0.3 is 0 Å². The SMILES string of the molecule is CCNc1cc(N(C)c2ccccc2)nc(CC)n1. The van der Waals surface area contributed by atoms with Gasteiger partial charge in [-0.05, 0) is 19.1 Å². The van der Waals surface area contributed by atoms with Crippen LogP contribution in [0.2, 0.25) is 0 Å². The predicted octanol–water partition coefficient (Wildman–Crippen LogP) is 3.24. The molecular formula is C15H20N4. The lowest BCUT2D eigenvalue weighted by Crippen LogP contribution is -2.14. The summed E-state index contributed by atoms with van der Waals surface area (Å²) in [7, 11) is 2.02. The van der Waals surface area contributed by atoms with Gasteiger partial charge in [0.2, 0.25) is 0 Å². The lowest BCUT2D eigenvalue weighted by Gasteiger charge is -2.19. The van der Waals surface area contributed by atoms with Gasteiger partial charge in [-0.15, -0.1) is 0 Å². The highest BCUT2D eigenvalue weighted by Gasteiger charge is 2.08. The van der Waals surface area contributed by atoms with Crippen LogP contribution in [0, 0.1) is 0 Å². The standard InChI is InChI=1S/C15H20N4/c1-4-13-17-14(16-5-2)11-15(18-13)19(3)12-9-7-6-8-10-12/h6-11H,4-5H2,1-3H3,(H,16,17,18). The summed E-state index contributed by atoms with van der Waals surface area (Å²) in [6, 6.07) is 12.2. The van der Waals surface area contributed by atoms with Gasteiger partial charge in [-0.3, -0.25) is 0 Å². The molecule has 0 unspecified atom stereocenters. The Kier molecular flexibility index (Phi) is 4.34. The summed E-state index contributed by atoms with van der Waals surface area (Å²) < 4.78 is 0. The van der Waals surface area contributed by atoms with Crippen molar-refractivity contribution in [2.24, 2.45) is 0 Å². The maximum absolute atomic E-state index is 4.59. The zero-order valence-electron chi connectivity index (χ0n) is 11.7. The van der Waals surface area contributed by atoms with Gasteiger partial charge in [-0.2, -0.15) is 0 Å². The molecule has 1 heterocycles. The average Bonchev–Trinajstić information content (AvgIpc) is 2.47. The maximum Gasteiger partial charge on any atom is 0.138 e. The van der Waals surface area contributed by atoms with Crippen LogP contribution in [0.5, 0.6) is 0 Å². The fourth-order valence-corrected chi connectivity index (χ4v) is 1.87. The predicted molar refractivity (Wildman–Crippen MR) is 80.1 cm³/mol. The van der Waals surface area contributed by atoms with E-state index in [9.17, 15) is 0 Å². The molecule has 0 fully saturated rings. The second kappa shape index (κ2) is 6.18. The van der Waals surface area contributed by atoms with Crippen molar-refractivity contribution < 1.29 is 0 Å². The zero-order valence-corrected chi connectivity index (χ0v) is 11.7. The molecule has 1 N–H and O–H groups in total. The monoisotopic (exact) mass is 256 g/mol. The van der Waals surface area contributed by atoms with Crippen molar-refractivity contribution in [2.75, 3.05) is 23.8 Å². The average molecular weight is 256 g/mol. The van der Waals surface area contributed by atoms with E-state index in [2.05, 4.69) is 46.2 Å². The minimum Gasteiger partial charge on any atom is -0.370 e. The summed E-state index contributed by atoms with van der Waals surface area (Å²) in [5.41, 5.74) is 1.12. The van der Waals surface area contributed by atoms with Gasteiger partial charge in [-0.1, -0.05) is 25.1 Å². The number of nitrogens with one attached hydrogen (secondary N) is 1. The first-order chi connectivity index (χ1) is 9.24.